The van der Waals surface area contributed by atoms with E-state index in [-0.39, 0.29) is 6.03 Å². The third kappa shape index (κ3) is 4.74. The van der Waals surface area contributed by atoms with Gasteiger partial charge in [0.05, 0.1) is 0 Å². The fraction of sp³-hybridized carbons (Fsp3) is 0.526. The number of nitrogens with zero attached hydrogens (tertiary/aromatic N) is 2. The molecule has 0 atom stereocenters. The average molecular weight is 344 g/mol. The van der Waals surface area contributed by atoms with Crippen molar-refractivity contribution in [1.29, 1.82) is 0 Å². The van der Waals surface area contributed by atoms with Gasteiger partial charge in [0, 0.05) is 70.1 Å². The first kappa shape index (κ1) is 17.8. The summed E-state index contributed by atoms with van der Waals surface area (Å²) in [5.41, 5.74) is 2.57. The lowest BCUT2D eigenvalue weighted by atomic mass is 10.1. The number of hydrogen-bond acceptors (Lipinski definition) is 3. The molecule has 1 aliphatic heterocycles. The number of nitrogens with one attached hydrogen (secondary N) is 2. The number of piperazine rings is 1. The number of carbonyl (C=O) groups excluding carboxylic acids is 1. The predicted octanol–water partition coefficient (Wildman–Crippen LogP) is 2.07. The smallest absolute Gasteiger partial charge is 0.317 e. The Morgan fingerprint density at radius 2 is 2.04 bits per heavy atom. The van der Waals surface area contributed by atoms with E-state index in [1.54, 1.807) is 7.11 Å². The second kappa shape index (κ2) is 8.87. The van der Waals surface area contributed by atoms with Gasteiger partial charge in [0.2, 0.25) is 0 Å². The molecule has 6 nitrogen and oxygen atoms in total. The summed E-state index contributed by atoms with van der Waals surface area (Å²) >= 11 is 0. The molecule has 2 heterocycles. The maximum atomic E-state index is 12.1. The molecule has 1 aromatic heterocycles. The molecule has 25 heavy (non-hydrogen) atoms. The van der Waals surface area contributed by atoms with Gasteiger partial charge in [-0.2, -0.15) is 0 Å². The van der Waals surface area contributed by atoms with Gasteiger partial charge in [0.15, 0.2) is 0 Å². The maximum absolute atomic E-state index is 12.1. The van der Waals surface area contributed by atoms with Crippen molar-refractivity contribution >= 4 is 16.9 Å². The molecule has 1 fully saturated rings. The molecule has 1 aromatic carbocycles. The van der Waals surface area contributed by atoms with Gasteiger partial charge >= 0.3 is 6.03 Å². The number of urea groups is 1. The van der Waals surface area contributed by atoms with Crippen LogP contribution < -0.4 is 5.32 Å². The second-order valence-electron chi connectivity index (χ2n) is 6.52. The number of benzene rings is 1. The average Bonchev–Trinajstić information content (AvgIpc) is 3.07. The highest BCUT2D eigenvalue weighted by Gasteiger charge is 2.20. The van der Waals surface area contributed by atoms with Gasteiger partial charge in [0.25, 0.3) is 0 Å². The predicted molar refractivity (Wildman–Crippen MR) is 99.9 cm³/mol. The van der Waals surface area contributed by atoms with Gasteiger partial charge in [-0.05, 0) is 24.5 Å². The molecule has 136 valence electrons. The zero-order valence-corrected chi connectivity index (χ0v) is 15.0. The highest BCUT2D eigenvalue weighted by atomic mass is 16.5. The van der Waals surface area contributed by atoms with Crippen molar-refractivity contribution in [2.75, 3.05) is 53.0 Å². The van der Waals surface area contributed by atoms with Crippen LogP contribution in [0.5, 0.6) is 0 Å². The van der Waals surface area contributed by atoms with Crippen LogP contribution >= 0.6 is 0 Å². The Kier molecular flexibility index (Phi) is 6.30. The second-order valence-corrected chi connectivity index (χ2v) is 6.52. The van der Waals surface area contributed by atoms with E-state index in [1.807, 2.05) is 4.90 Å². The molecule has 1 saturated heterocycles. The number of aromatic nitrogens is 1. The number of hydrogen-bond donors (Lipinski definition) is 2. The molecule has 3 rings (SSSR count). The summed E-state index contributed by atoms with van der Waals surface area (Å²) in [4.78, 5) is 19.8. The van der Waals surface area contributed by atoms with E-state index in [1.165, 1.54) is 16.5 Å². The molecule has 0 unspecified atom stereocenters. The standard InChI is InChI=1S/C19H28N4O2/c1-25-14-4-8-20-19(24)23-12-10-22(11-13-23)9-7-16-15-21-18-6-3-2-5-17(16)18/h2-3,5-6,15,21H,4,7-14H2,1H3,(H,20,24). The Balaban J connectivity index is 1.40. The van der Waals surface area contributed by atoms with Crippen LogP contribution in [0.3, 0.4) is 0 Å². The normalized spacial score (nSPS) is 15.6. The molecule has 0 spiro atoms. The third-order valence-corrected chi connectivity index (χ3v) is 4.83. The number of fused-ring (bicyclic) bond motifs is 1. The van der Waals surface area contributed by atoms with E-state index < -0.39 is 0 Å². The van der Waals surface area contributed by atoms with Crippen molar-refractivity contribution in [3.05, 3.63) is 36.0 Å². The molecule has 0 aliphatic carbocycles. The van der Waals surface area contributed by atoms with Crippen molar-refractivity contribution < 1.29 is 9.53 Å². The topological polar surface area (TPSA) is 60.6 Å². The summed E-state index contributed by atoms with van der Waals surface area (Å²) in [7, 11) is 1.68. The van der Waals surface area contributed by atoms with E-state index in [9.17, 15) is 4.79 Å². The summed E-state index contributed by atoms with van der Waals surface area (Å²) in [5.74, 6) is 0. The van der Waals surface area contributed by atoms with Crippen LogP contribution in [0.15, 0.2) is 30.5 Å². The largest absolute Gasteiger partial charge is 0.385 e. The number of aromatic amines is 1. The molecule has 2 amide bonds. The van der Waals surface area contributed by atoms with Crippen molar-refractivity contribution in [3.63, 3.8) is 0 Å². The number of rotatable bonds is 7. The molecule has 6 heteroatoms. The van der Waals surface area contributed by atoms with Gasteiger partial charge in [-0.3, -0.25) is 4.90 Å². The van der Waals surface area contributed by atoms with Crippen molar-refractivity contribution in [1.82, 2.24) is 20.1 Å². The van der Waals surface area contributed by atoms with E-state index in [4.69, 9.17) is 4.74 Å². The Morgan fingerprint density at radius 3 is 2.84 bits per heavy atom. The SMILES string of the molecule is COCCCNC(=O)N1CCN(CCc2c[nH]c3ccccc23)CC1. The zero-order valence-electron chi connectivity index (χ0n) is 15.0. The molecule has 2 N–H and O–H groups in total. The van der Waals surface area contributed by atoms with E-state index in [0.717, 1.165) is 45.6 Å². The highest BCUT2D eigenvalue weighted by Crippen LogP contribution is 2.18. The van der Waals surface area contributed by atoms with E-state index in [2.05, 4.69) is 45.7 Å². The molecule has 1 aliphatic rings. The number of ether oxygens (including phenoxy) is 1. The molecule has 0 bridgehead atoms. The van der Waals surface area contributed by atoms with Crippen LogP contribution in [-0.2, 0) is 11.2 Å². The van der Waals surface area contributed by atoms with Crippen molar-refractivity contribution in [2.45, 2.75) is 12.8 Å². The minimum atomic E-state index is 0.0485. The van der Waals surface area contributed by atoms with Gasteiger partial charge in [-0.1, -0.05) is 18.2 Å². The first-order valence-electron chi connectivity index (χ1n) is 9.07. The maximum Gasteiger partial charge on any atom is 0.317 e. The number of para-hydroxylation sites is 1. The monoisotopic (exact) mass is 344 g/mol. The van der Waals surface area contributed by atoms with Gasteiger partial charge < -0.3 is 19.9 Å². The van der Waals surface area contributed by atoms with Gasteiger partial charge in [0.1, 0.15) is 0 Å². The summed E-state index contributed by atoms with van der Waals surface area (Å²) < 4.78 is 4.99. The van der Waals surface area contributed by atoms with Gasteiger partial charge in [-0.25, -0.2) is 4.79 Å². The zero-order chi connectivity index (χ0) is 17.5. The third-order valence-electron chi connectivity index (χ3n) is 4.83. The number of H-pyrrole nitrogens is 1. The lowest BCUT2D eigenvalue weighted by Gasteiger charge is -2.34. The number of carbonyl (C=O) groups is 1. The van der Waals surface area contributed by atoms with Gasteiger partial charge in [-0.15, -0.1) is 0 Å². The van der Waals surface area contributed by atoms with E-state index in [0.29, 0.717) is 13.2 Å². The Hall–Kier alpha value is -2.05. The Morgan fingerprint density at radius 1 is 1.24 bits per heavy atom. The van der Waals surface area contributed by atoms with Crippen molar-refractivity contribution in [2.24, 2.45) is 0 Å². The molecule has 0 radical (unpaired) electrons. The highest BCUT2D eigenvalue weighted by molar-refractivity contribution is 5.83. The summed E-state index contributed by atoms with van der Waals surface area (Å²) in [6, 6.07) is 8.48. The van der Waals surface area contributed by atoms with Crippen molar-refractivity contribution in [3.8, 4) is 0 Å². The molecule has 0 saturated carbocycles. The fourth-order valence-electron chi connectivity index (χ4n) is 3.32. The first-order chi connectivity index (χ1) is 12.3. The van der Waals surface area contributed by atoms with Crippen LogP contribution in [0.4, 0.5) is 4.79 Å². The molecule has 2 aromatic rings. The lowest BCUT2D eigenvalue weighted by molar-refractivity contribution is 0.139. The fourth-order valence-corrected chi connectivity index (χ4v) is 3.32. The quantitative estimate of drug-likeness (QED) is 0.756. The summed E-state index contributed by atoms with van der Waals surface area (Å²) in [6.07, 6.45) is 4.01. The van der Waals surface area contributed by atoms with Crippen LogP contribution in [0.1, 0.15) is 12.0 Å². The van der Waals surface area contributed by atoms with Crippen LogP contribution in [0, 0.1) is 0 Å². The lowest BCUT2D eigenvalue weighted by Crippen LogP contribution is -2.52. The van der Waals surface area contributed by atoms with Crippen LogP contribution in [0.2, 0.25) is 0 Å². The number of amides is 2. The first-order valence-corrected chi connectivity index (χ1v) is 9.07. The summed E-state index contributed by atoms with van der Waals surface area (Å²) in [6.45, 7) is 5.86. The minimum Gasteiger partial charge on any atom is -0.385 e. The Bertz CT molecular complexity index is 677. The minimum absolute atomic E-state index is 0.0485. The Labute approximate surface area is 149 Å². The molecular weight excluding hydrogens is 316 g/mol. The number of methoxy groups -OCH3 is 1. The van der Waals surface area contributed by atoms with Crippen LogP contribution in [-0.4, -0.2) is 73.8 Å². The summed E-state index contributed by atoms with van der Waals surface area (Å²) in [5, 5.41) is 4.28. The van der Waals surface area contributed by atoms with Crippen LogP contribution in [0.25, 0.3) is 10.9 Å². The molecular formula is C19H28N4O2. The van der Waals surface area contributed by atoms with E-state index >= 15 is 0 Å².